The van der Waals surface area contributed by atoms with Gasteiger partial charge in [0.25, 0.3) is 0 Å². The Hall–Kier alpha value is -0.340. The molecule has 1 N–H and O–H groups in total. The van der Waals surface area contributed by atoms with E-state index in [2.05, 4.69) is 36.7 Å². The van der Waals surface area contributed by atoms with Crippen LogP contribution in [0.4, 0.5) is 0 Å². The molecule has 1 saturated heterocycles. The third kappa shape index (κ3) is 3.36. The minimum atomic E-state index is 0.746. The first-order valence-electron chi connectivity index (χ1n) is 7.83. The van der Waals surface area contributed by atoms with Gasteiger partial charge in [-0.05, 0) is 64.0 Å². The fourth-order valence-corrected chi connectivity index (χ4v) is 3.38. The van der Waals surface area contributed by atoms with Crippen LogP contribution in [-0.4, -0.2) is 36.6 Å². The van der Waals surface area contributed by atoms with Crippen molar-refractivity contribution in [2.45, 2.75) is 58.0 Å². The van der Waals surface area contributed by atoms with Crippen molar-refractivity contribution < 1.29 is 0 Å². The summed E-state index contributed by atoms with van der Waals surface area (Å²) in [5, 5.41) is 3.47. The van der Waals surface area contributed by atoms with Crippen molar-refractivity contribution in [2.75, 3.05) is 19.6 Å². The van der Waals surface area contributed by atoms with E-state index in [1.807, 2.05) is 0 Å². The Balaban J connectivity index is 1.86. The van der Waals surface area contributed by atoms with Gasteiger partial charge in [-0.2, -0.15) is 0 Å². The Kier molecular flexibility index (Phi) is 5.25. The van der Waals surface area contributed by atoms with Gasteiger partial charge in [0.2, 0.25) is 0 Å². The summed E-state index contributed by atoms with van der Waals surface area (Å²) in [4.78, 5) is 2.80. The van der Waals surface area contributed by atoms with Crippen LogP contribution in [-0.2, 0) is 0 Å². The smallest absolute Gasteiger partial charge is 0.0109 e. The quantitative estimate of drug-likeness (QED) is 0.729. The standard InChI is InChI=1S/C16H30N2/c1-4-13(3)18(16-10-14(5-2)11-16)12-15-6-8-17-9-7-15/h5,13-17H,2,4,6-12H2,1,3H3. The molecular weight excluding hydrogens is 220 g/mol. The van der Waals surface area contributed by atoms with Crippen LogP contribution in [0.15, 0.2) is 12.7 Å². The average molecular weight is 250 g/mol. The van der Waals surface area contributed by atoms with E-state index in [0.29, 0.717) is 0 Å². The fourth-order valence-electron chi connectivity index (χ4n) is 3.38. The first kappa shape index (κ1) is 14.1. The van der Waals surface area contributed by atoms with Crippen LogP contribution >= 0.6 is 0 Å². The lowest BCUT2D eigenvalue weighted by atomic mass is 9.78. The zero-order chi connectivity index (χ0) is 13.0. The summed E-state index contributed by atoms with van der Waals surface area (Å²) in [6.07, 6.45) is 8.85. The molecule has 0 spiro atoms. The van der Waals surface area contributed by atoms with Gasteiger partial charge >= 0.3 is 0 Å². The molecule has 0 aromatic carbocycles. The van der Waals surface area contributed by atoms with Gasteiger partial charge in [0.1, 0.15) is 0 Å². The van der Waals surface area contributed by atoms with Gasteiger partial charge in [0.05, 0.1) is 0 Å². The Morgan fingerprint density at radius 1 is 1.33 bits per heavy atom. The number of rotatable bonds is 6. The molecule has 0 aromatic rings. The van der Waals surface area contributed by atoms with E-state index in [1.54, 1.807) is 0 Å². The third-order valence-corrected chi connectivity index (χ3v) is 5.04. The molecule has 1 aliphatic carbocycles. The van der Waals surface area contributed by atoms with E-state index >= 15 is 0 Å². The molecule has 1 saturated carbocycles. The third-order valence-electron chi connectivity index (χ3n) is 5.04. The number of hydrogen-bond acceptors (Lipinski definition) is 2. The Labute approximate surface area is 113 Å². The van der Waals surface area contributed by atoms with Gasteiger partial charge in [-0.1, -0.05) is 13.0 Å². The second-order valence-electron chi connectivity index (χ2n) is 6.27. The molecule has 1 aliphatic heterocycles. The summed E-state index contributed by atoms with van der Waals surface area (Å²) in [5.41, 5.74) is 0. The maximum absolute atomic E-state index is 3.93. The van der Waals surface area contributed by atoms with Gasteiger partial charge in [0.15, 0.2) is 0 Å². The second kappa shape index (κ2) is 6.72. The van der Waals surface area contributed by atoms with Crippen LogP contribution < -0.4 is 5.32 Å². The molecule has 2 nitrogen and oxygen atoms in total. The highest BCUT2D eigenvalue weighted by molar-refractivity contribution is 4.97. The summed E-state index contributed by atoms with van der Waals surface area (Å²) < 4.78 is 0. The lowest BCUT2D eigenvalue weighted by Crippen LogP contribution is -2.51. The summed E-state index contributed by atoms with van der Waals surface area (Å²) in [7, 11) is 0. The molecule has 104 valence electrons. The van der Waals surface area contributed by atoms with E-state index in [9.17, 15) is 0 Å². The van der Waals surface area contributed by atoms with Gasteiger partial charge in [-0.25, -0.2) is 0 Å². The molecule has 1 unspecified atom stereocenters. The molecular formula is C16H30N2. The zero-order valence-corrected chi connectivity index (χ0v) is 12.2. The van der Waals surface area contributed by atoms with Gasteiger partial charge < -0.3 is 5.32 Å². The normalized spacial score (nSPS) is 31.1. The van der Waals surface area contributed by atoms with Crippen molar-refractivity contribution in [1.29, 1.82) is 0 Å². The van der Waals surface area contributed by atoms with Crippen LogP contribution in [0.1, 0.15) is 46.0 Å². The Morgan fingerprint density at radius 3 is 2.56 bits per heavy atom. The molecule has 0 bridgehead atoms. The first-order valence-corrected chi connectivity index (χ1v) is 7.83. The SMILES string of the molecule is C=CC1CC(N(CC2CCNCC2)C(C)CC)C1. The fraction of sp³-hybridized carbons (Fsp3) is 0.875. The molecule has 0 radical (unpaired) electrons. The molecule has 2 aliphatic rings. The van der Waals surface area contributed by atoms with E-state index in [0.717, 1.165) is 23.9 Å². The Morgan fingerprint density at radius 2 is 2.00 bits per heavy atom. The highest BCUT2D eigenvalue weighted by Crippen LogP contribution is 2.35. The van der Waals surface area contributed by atoms with E-state index in [1.165, 1.54) is 51.7 Å². The summed E-state index contributed by atoms with van der Waals surface area (Å²) in [6, 6.07) is 1.58. The number of nitrogens with zero attached hydrogens (tertiary/aromatic N) is 1. The van der Waals surface area contributed by atoms with Crippen molar-refractivity contribution in [3.63, 3.8) is 0 Å². The largest absolute Gasteiger partial charge is 0.317 e. The van der Waals surface area contributed by atoms with Crippen molar-refractivity contribution in [3.05, 3.63) is 12.7 Å². The van der Waals surface area contributed by atoms with Gasteiger partial charge in [-0.15, -0.1) is 6.58 Å². The summed E-state index contributed by atoms with van der Waals surface area (Å²) in [5.74, 6) is 1.71. The highest BCUT2D eigenvalue weighted by Gasteiger charge is 2.34. The predicted octanol–water partition coefficient (Wildman–Crippen LogP) is 3.05. The van der Waals surface area contributed by atoms with Crippen LogP contribution in [0.2, 0.25) is 0 Å². The lowest BCUT2D eigenvalue weighted by molar-refractivity contribution is 0.0419. The van der Waals surface area contributed by atoms with Crippen LogP contribution in [0.5, 0.6) is 0 Å². The topological polar surface area (TPSA) is 15.3 Å². The maximum Gasteiger partial charge on any atom is 0.0109 e. The molecule has 2 rings (SSSR count). The monoisotopic (exact) mass is 250 g/mol. The summed E-state index contributed by atoms with van der Waals surface area (Å²) >= 11 is 0. The summed E-state index contributed by atoms with van der Waals surface area (Å²) in [6.45, 7) is 12.4. The van der Waals surface area contributed by atoms with E-state index in [-0.39, 0.29) is 0 Å². The van der Waals surface area contributed by atoms with Crippen LogP contribution in [0.25, 0.3) is 0 Å². The van der Waals surface area contributed by atoms with Gasteiger partial charge in [-0.3, -0.25) is 4.90 Å². The minimum Gasteiger partial charge on any atom is -0.317 e. The van der Waals surface area contributed by atoms with Crippen molar-refractivity contribution >= 4 is 0 Å². The maximum atomic E-state index is 3.93. The number of nitrogens with one attached hydrogen (secondary N) is 1. The second-order valence-corrected chi connectivity index (χ2v) is 6.27. The first-order chi connectivity index (χ1) is 8.74. The van der Waals surface area contributed by atoms with Gasteiger partial charge in [0, 0.05) is 18.6 Å². The molecule has 1 atom stereocenters. The van der Waals surface area contributed by atoms with Crippen LogP contribution in [0.3, 0.4) is 0 Å². The Bertz CT molecular complexity index is 252. The predicted molar refractivity (Wildman–Crippen MR) is 78.8 cm³/mol. The molecule has 1 heterocycles. The molecule has 2 heteroatoms. The van der Waals surface area contributed by atoms with Crippen molar-refractivity contribution in [2.24, 2.45) is 11.8 Å². The van der Waals surface area contributed by atoms with Crippen molar-refractivity contribution in [1.82, 2.24) is 10.2 Å². The number of hydrogen-bond donors (Lipinski definition) is 1. The highest BCUT2D eigenvalue weighted by atomic mass is 15.2. The van der Waals surface area contributed by atoms with E-state index < -0.39 is 0 Å². The molecule has 0 aromatic heterocycles. The minimum absolute atomic E-state index is 0.746. The zero-order valence-electron chi connectivity index (χ0n) is 12.2. The van der Waals surface area contributed by atoms with Crippen molar-refractivity contribution in [3.8, 4) is 0 Å². The molecule has 0 amide bonds. The molecule has 18 heavy (non-hydrogen) atoms. The number of allylic oxidation sites excluding steroid dienone is 1. The average Bonchev–Trinajstić information content (AvgIpc) is 2.36. The lowest BCUT2D eigenvalue weighted by Gasteiger charge is -2.46. The molecule has 2 fully saturated rings. The van der Waals surface area contributed by atoms with Crippen LogP contribution in [0, 0.1) is 11.8 Å². The van der Waals surface area contributed by atoms with E-state index in [4.69, 9.17) is 0 Å². The number of piperidine rings is 1.